The van der Waals surface area contributed by atoms with E-state index < -0.39 is 0 Å². The van der Waals surface area contributed by atoms with E-state index >= 15 is 0 Å². The zero-order valence-corrected chi connectivity index (χ0v) is 13.6. The van der Waals surface area contributed by atoms with Crippen LogP contribution in [0.2, 0.25) is 0 Å². The van der Waals surface area contributed by atoms with Gasteiger partial charge in [0.2, 0.25) is 0 Å². The van der Waals surface area contributed by atoms with Crippen molar-refractivity contribution in [1.29, 1.82) is 0 Å². The van der Waals surface area contributed by atoms with E-state index in [2.05, 4.69) is 37.9 Å². The number of hydrogen-bond acceptors (Lipinski definition) is 2. The van der Waals surface area contributed by atoms with Crippen LogP contribution in [0, 0.1) is 5.82 Å². The van der Waals surface area contributed by atoms with Crippen molar-refractivity contribution < 1.29 is 13.9 Å². The van der Waals surface area contributed by atoms with E-state index in [1.165, 1.54) is 17.7 Å². The molecular weight excluding hydrogens is 391 g/mol. The molecule has 2 aromatic carbocycles. The molecule has 0 aromatic heterocycles. The monoisotopic (exact) mass is 400 g/mol. The van der Waals surface area contributed by atoms with E-state index in [9.17, 15) is 4.39 Å². The predicted octanol–water partition coefficient (Wildman–Crippen LogP) is 4.86. The maximum absolute atomic E-state index is 13.0. The quantitative estimate of drug-likeness (QED) is 0.730. The van der Waals surface area contributed by atoms with Crippen LogP contribution < -0.4 is 9.47 Å². The molecule has 2 nitrogen and oxygen atoms in total. The summed E-state index contributed by atoms with van der Waals surface area (Å²) in [6, 6.07) is 8.43. The van der Waals surface area contributed by atoms with E-state index in [1.54, 1.807) is 6.07 Å². The Morgan fingerprint density at radius 2 is 2.05 bits per heavy atom. The zero-order chi connectivity index (χ0) is 14.1. The molecule has 0 saturated heterocycles. The molecule has 20 heavy (non-hydrogen) atoms. The number of halogens is 3. The number of ether oxygens (including phenoxy) is 2. The molecule has 0 unspecified atom stereocenters. The maximum atomic E-state index is 13.0. The van der Waals surface area contributed by atoms with Crippen molar-refractivity contribution in [3.63, 3.8) is 0 Å². The summed E-state index contributed by atoms with van der Waals surface area (Å²) < 4.78 is 26.0. The minimum Gasteiger partial charge on any atom is -0.493 e. The fraction of sp³-hybridized carbons (Fsp3) is 0.200. The lowest BCUT2D eigenvalue weighted by atomic mass is 10.1. The molecule has 1 aliphatic rings. The molecular formula is C15H11Br2FO2. The smallest absolute Gasteiger partial charge is 0.134 e. The molecule has 0 radical (unpaired) electrons. The highest BCUT2D eigenvalue weighted by molar-refractivity contribution is 9.10. The van der Waals surface area contributed by atoms with Crippen molar-refractivity contribution in [3.05, 3.63) is 56.2 Å². The minimum absolute atomic E-state index is 0.295. The number of rotatable bonds is 3. The average Bonchev–Trinajstić information content (AvgIpc) is 2.85. The van der Waals surface area contributed by atoms with Gasteiger partial charge in [0.1, 0.15) is 23.9 Å². The van der Waals surface area contributed by atoms with Gasteiger partial charge in [-0.25, -0.2) is 4.39 Å². The van der Waals surface area contributed by atoms with Crippen molar-refractivity contribution in [2.75, 3.05) is 6.61 Å². The lowest BCUT2D eigenvalue weighted by Crippen LogP contribution is -1.99. The van der Waals surface area contributed by atoms with Crippen LogP contribution >= 0.6 is 31.9 Å². The summed E-state index contributed by atoms with van der Waals surface area (Å²) in [7, 11) is 0. The van der Waals surface area contributed by atoms with Gasteiger partial charge >= 0.3 is 0 Å². The molecule has 0 fully saturated rings. The Kier molecular flexibility index (Phi) is 3.98. The molecule has 0 saturated carbocycles. The summed E-state index contributed by atoms with van der Waals surface area (Å²) in [5.41, 5.74) is 2.18. The molecule has 1 heterocycles. The first kappa shape index (κ1) is 13.9. The second-order valence-electron chi connectivity index (χ2n) is 4.52. The van der Waals surface area contributed by atoms with E-state index in [0.717, 1.165) is 22.2 Å². The third-order valence-corrected chi connectivity index (χ3v) is 4.18. The Hall–Kier alpha value is -1.07. The van der Waals surface area contributed by atoms with Crippen molar-refractivity contribution in [1.82, 2.24) is 0 Å². The van der Waals surface area contributed by atoms with Gasteiger partial charge in [0.25, 0.3) is 0 Å². The largest absolute Gasteiger partial charge is 0.493 e. The Bertz CT molecular complexity index is 659. The van der Waals surface area contributed by atoms with Crippen molar-refractivity contribution in [2.24, 2.45) is 0 Å². The molecule has 0 aliphatic carbocycles. The SMILES string of the molecule is Fc1ccc(OCc2cc(Br)cc3c2OCC3)c(Br)c1. The van der Waals surface area contributed by atoms with E-state index in [4.69, 9.17) is 9.47 Å². The average molecular weight is 402 g/mol. The summed E-state index contributed by atoms with van der Waals surface area (Å²) in [6.07, 6.45) is 0.919. The molecule has 0 amide bonds. The van der Waals surface area contributed by atoms with Crippen molar-refractivity contribution in [2.45, 2.75) is 13.0 Å². The molecule has 0 bridgehead atoms. The first-order valence-electron chi connectivity index (χ1n) is 6.15. The highest BCUT2D eigenvalue weighted by atomic mass is 79.9. The van der Waals surface area contributed by atoms with Gasteiger partial charge in [-0.3, -0.25) is 0 Å². The Morgan fingerprint density at radius 3 is 2.85 bits per heavy atom. The molecule has 5 heteroatoms. The highest BCUT2D eigenvalue weighted by Crippen LogP contribution is 2.34. The van der Waals surface area contributed by atoms with E-state index in [0.29, 0.717) is 23.4 Å². The topological polar surface area (TPSA) is 18.5 Å². The summed E-state index contributed by atoms with van der Waals surface area (Å²) >= 11 is 6.79. The van der Waals surface area contributed by atoms with Crippen LogP contribution in [0.3, 0.4) is 0 Å². The molecule has 3 rings (SSSR count). The molecule has 1 aliphatic heterocycles. The molecule has 104 valence electrons. The second-order valence-corrected chi connectivity index (χ2v) is 6.29. The van der Waals surface area contributed by atoms with Crippen LogP contribution in [0.1, 0.15) is 11.1 Å². The van der Waals surface area contributed by atoms with Crippen molar-refractivity contribution >= 4 is 31.9 Å². The number of fused-ring (bicyclic) bond motifs is 1. The van der Waals surface area contributed by atoms with Gasteiger partial charge < -0.3 is 9.47 Å². The second kappa shape index (κ2) is 5.74. The van der Waals surface area contributed by atoms with Crippen LogP contribution in [0.4, 0.5) is 4.39 Å². The van der Waals surface area contributed by atoms with Crippen molar-refractivity contribution in [3.8, 4) is 11.5 Å². The van der Waals surface area contributed by atoms with Gasteiger partial charge in [0, 0.05) is 16.5 Å². The fourth-order valence-corrected chi connectivity index (χ4v) is 3.22. The third kappa shape index (κ3) is 2.83. The van der Waals surface area contributed by atoms with Gasteiger partial charge in [0.15, 0.2) is 0 Å². The number of benzene rings is 2. The molecule has 0 atom stereocenters. The van der Waals surface area contributed by atoms with E-state index in [1.807, 2.05) is 6.07 Å². The summed E-state index contributed by atoms with van der Waals surface area (Å²) in [6.45, 7) is 1.09. The van der Waals surface area contributed by atoms with Gasteiger partial charge in [0.05, 0.1) is 11.1 Å². The normalized spacial score (nSPS) is 12.9. The highest BCUT2D eigenvalue weighted by Gasteiger charge is 2.18. The summed E-state index contributed by atoms with van der Waals surface area (Å²) in [4.78, 5) is 0. The first-order valence-corrected chi connectivity index (χ1v) is 7.74. The van der Waals surface area contributed by atoms with Crippen LogP contribution in [-0.2, 0) is 13.0 Å². The van der Waals surface area contributed by atoms with Crippen LogP contribution in [-0.4, -0.2) is 6.61 Å². The third-order valence-electron chi connectivity index (χ3n) is 3.10. The Balaban J connectivity index is 1.82. The standard InChI is InChI=1S/C15H11Br2FO2/c16-11-5-9-3-4-19-15(9)10(6-11)8-20-14-2-1-12(18)7-13(14)17/h1-2,5-7H,3-4,8H2. The molecule has 0 spiro atoms. The Labute approximate surface area is 133 Å². The van der Waals surface area contributed by atoms with Crippen LogP contribution in [0.5, 0.6) is 11.5 Å². The van der Waals surface area contributed by atoms with Crippen LogP contribution in [0.15, 0.2) is 39.3 Å². The fourth-order valence-electron chi connectivity index (χ4n) is 2.20. The van der Waals surface area contributed by atoms with Gasteiger partial charge in [-0.2, -0.15) is 0 Å². The van der Waals surface area contributed by atoms with Gasteiger partial charge in [-0.1, -0.05) is 15.9 Å². The maximum Gasteiger partial charge on any atom is 0.134 e. The van der Waals surface area contributed by atoms with Gasteiger partial charge in [-0.15, -0.1) is 0 Å². The Morgan fingerprint density at radius 1 is 1.20 bits per heavy atom. The lowest BCUT2D eigenvalue weighted by molar-refractivity contribution is 0.290. The number of hydrogen-bond donors (Lipinski definition) is 0. The zero-order valence-electron chi connectivity index (χ0n) is 10.5. The minimum atomic E-state index is -0.295. The summed E-state index contributed by atoms with van der Waals surface area (Å²) in [5.74, 6) is 1.22. The molecule has 0 N–H and O–H groups in total. The lowest BCUT2D eigenvalue weighted by Gasteiger charge is -2.12. The van der Waals surface area contributed by atoms with E-state index in [-0.39, 0.29) is 5.82 Å². The first-order chi connectivity index (χ1) is 9.63. The molecule has 2 aromatic rings. The van der Waals surface area contributed by atoms with Crippen LogP contribution in [0.25, 0.3) is 0 Å². The predicted molar refractivity (Wildman–Crippen MR) is 81.8 cm³/mol. The van der Waals surface area contributed by atoms with Gasteiger partial charge in [-0.05, 0) is 51.8 Å². The summed E-state index contributed by atoms with van der Waals surface area (Å²) in [5, 5.41) is 0.